The summed E-state index contributed by atoms with van der Waals surface area (Å²) >= 11 is 0. The topological polar surface area (TPSA) is 110 Å². The molecule has 1 amide bonds. The third kappa shape index (κ3) is 3.39. The molecule has 1 N–H and O–H groups in total. The Balaban J connectivity index is 1.37. The summed E-state index contributed by atoms with van der Waals surface area (Å²) in [5, 5.41) is 15.8. The number of aromatic nitrogens is 6. The van der Waals surface area contributed by atoms with E-state index in [2.05, 4.69) is 30.5 Å². The molecular weight excluding hydrogens is 396 g/mol. The van der Waals surface area contributed by atoms with Gasteiger partial charge in [-0.25, -0.2) is 4.98 Å². The Bertz CT molecular complexity index is 1360. The molecule has 158 valence electrons. The molecule has 4 aromatic rings. The number of hydrogen-bond acceptors (Lipinski definition) is 7. The van der Waals surface area contributed by atoms with Gasteiger partial charge in [0.2, 0.25) is 5.43 Å². The summed E-state index contributed by atoms with van der Waals surface area (Å²) in [7, 11) is 0. The zero-order valence-electron chi connectivity index (χ0n) is 17.3. The highest BCUT2D eigenvalue weighted by atomic mass is 16.2. The van der Waals surface area contributed by atoms with Gasteiger partial charge in [-0.05, 0) is 44.5 Å². The van der Waals surface area contributed by atoms with Crippen LogP contribution in [0.15, 0.2) is 41.6 Å². The Labute approximate surface area is 177 Å². The van der Waals surface area contributed by atoms with Crippen molar-refractivity contribution in [2.24, 2.45) is 0 Å². The highest BCUT2D eigenvalue weighted by molar-refractivity contribution is 5.97. The Morgan fingerprint density at radius 1 is 1.26 bits per heavy atom. The maximum atomic E-state index is 13.0. The number of amides is 1. The maximum Gasteiger partial charge on any atom is 0.257 e. The van der Waals surface area contributed by atoms with Gasteiger partial charge in [-0.15, -0.1) is 15.3 Å². The smallest absolute Gasteiger partial charge is 0.257 e. The minimum absolute atomic E-state index is 0.0766. The fraction of sp³-hybridized carbons (Fsp3) is 0.333. The van der Waals surface area contributed by atoms with Gasteiger partial charge in [0.15, 0.2) is 5.65 Å². The average Bonchev–Trinajstić information content (AvgIpc) is 3.42. The number of carbonyl (C=O) groups excluding carboxylic acids is 1. The van der Waals surface area contributed by atoms with E-state index in [0.29, 0.717) is 29.8 Å². The van der Waals surface area contributed by atoms with E-state index < -0.39 is 0 Å². The van der Waals surface area contributed by atoms with Gasteiger partial charge in [0.1, 0.15) is 23.4 Å². The number of anilines is 1. The molecule has 0 bridgehead atoms. The molecule has 0 unspecified atom stereocenters. The van der Waals surface area contributed by atoms with E-state index in [9.17, 15) is 9.59 Å². The summed E-state index contributed by atoms with van der Waals surface area (Å²) in [4.78, 5) is 32.5. The normalized spacial score (nSPS) is 16.3. The van der Waals surface area contributed by atoms with Crippen LogP contribution in [0.1, 0.15) is 29.4 Å². The third-order valence-electron chi connectivity index (χ3n) is 5.64. The lowest BCUT2D eigenvalue weighted by atomic mass is 10.1. The van der Waals surface area contributed by atoms with Gasteiger partial charge < -0.3 is 14.8 Å². The van der Waals surface area contributed by atoms with Gasteiger partial charge in [-0.3, -0.25) is 9.59 Å². The quantitative estimate of drug-likeness (QED) is 0.530. The van der Waals surface area contributed by atoms with Crippen molar-refractivity contribution in [2.45, 2.75) is 32.9 Å². The first kappa shape index (κ1) is 19.2. The van der Waals surface area contributed by atoms with Gasteiger partial charge in [0, 0.05) is 37.6 Å². The van der Waals surface area contributed by atoms with Gasteiger partial charge >= 0.3 is 0 Å². The largest absolute Gasteiger partial charge is 0.353 e. The van der Waals surface area contributed by atoms with E-state index in [1.807, 2.05) is 30.5 Å². The molecule has 1 fully saturated rings. The standard InChI is InChI=1S/C21H22N8O2/c1-3-27-11-16(19(30)15-5-4-13(2)23-20(15)27)21(31)24-14-8-9-28(10-14)18-7-6-17-25-22-12-29(17)26-18/h4-7,11-12,14H,3,8-10H2,1-2H3,(H,24,31)/t14-/m0/s1. The molecule has 0 aromatic carbocycles. The van der Waals surface area contributed by atoms with Crippen LogP contribution in [0.4, 0.5) is 5.82 Å². The first-order valence-electron chi connectivity index (χ1n) is 10.3. The van der Waals surface area contributed by atoms with E-state index in [-0.39, 0.29) is 22.9 Å². The van der Waals surface area contributed by atoms with E-state index in [4.69, 9.17) is 0 Å². The molecule has 0 aliphatic carbocycles. The van der Waals surface area contributed by atoms with Crippen molar-refractivity contribution in [1.82, 2.24) is 34.7 Å². The molecule has 10 nitrogen and oxygen atoms in total. The van der Waals surface area contributed by atoms with E-state index in [1.165, 1.54) is 0 Å². The summed E-state index contributed by atoms with van der Waals surface area (Å²) in [6, 6.07) is 7.21. The molecule has 0 spiro atoms. The van der Waals surface area contributed by atoms with Crippen molar-refractivity contribution in [3.63, 3.8) is 0 Å². The van der Waals surface area contributed by atoms with Crippen LogP contribution in [0.3, 0.4) is 0 Å². The Morgan fingerprint density at radius 2 is 2.13 bits per heavy atom. The van der Waals surface area contributed by atoms with Crippen LogP contribution in [0.25, 0.3) is 16.7 Å². The number of nitrogens with one attached hydrogen (secondary N) is 1. The fourth-order valence-corrected chi connectivity index (χ4v) is 4.00. The van der Waals surface area contributed by atoms with Gasteiger partial charge in [-0.2, -0.15) is 4.52 Å². The first-order chi connectivity index (χ1) is 15.0. The predicted octanol–water partition coefficient (Wildman–Crippen LogP) is 1.17. The Morgan fingerprint density at radius 3 is 2.97 bits per heavy atom. The minimum Gasteiger partial charge on any atom is -0.353 e. The lowest BCUT2D eigenvalue weighted by Crippen LogP contribution is -2.39. The second-order valence-corrected chi connectivity index (χ2v) is 7.71. The summed E-state index contributed by atoms with van der Waals surface area (Å²) < 4.78 is 3.47. The van der Waals surface area contributed by atoms with Crippen molar-refractivity contribution in [3.05, 3.63) is 58.3 Å². The van der Waals surface area contributed by atoms with E-state index in [0.717, 1.165) is 24.5 Å². The van der Waals surface area contributed by atoms with Gasteiger partial charge in [-0.1, -0.05) is 0 Å². The first-order valence-corrected chi connectivity index (χ1v) is 10.3. The number of aryl methyl sites for hydroxylation is 2. The van der Waals surface area contributed by atoms with Crippen molar-refractivity contribution >= 4 is 28.4 Å². The molecule has 1 aliphatic heterocycles. The van der Waals surface area contributed by atoms with E-state index in [1.54, 1.807) is 29.2 Å². The van der Waals surface area contributed by atoms with Crippen LogP contribution in [0.5, 0.6) is 0 Å². The van der Waals surface area contributed by atoms with Crippen LogP contribution in [0, 0.1) is 6.92 Å². The molecule has 1 aliphatic rings. The summed E-state index contributed by atoms with van der Waals surface area (Å²) in [5.74, 6) is 0.438. The second kappa shape index (κ2) is 7.46. The molecular formula is C21H22N8O2. The molecule has 5 rings (SSSR count). The van der Waals surface area contributed by atoms with Crippen molar-refractivity contribution in [2.75, 3.05) is 18.0 Å². The number of pyridine rings is 2. The fourth-order valence-electron chi connectivity index (χ4n) is 4.00. The van der Waals surface area contributed by atoms with Gasteiger partial charge in [0.25, 0.3) is 5.91 Å². The summed E-state index contributed by atoms with van der Waals surface area (Å²) in [6.07, 6.45) is 3.94. The number of hydrogen-bond donors (Lipinski definition) is 1. The zero-order chi connectivity index (χ0) is 21.5. The molecule has 5 heterocycles. The van der Waals surface area contributed by atoms with Crippen LogP contribution >= 0.6 is 0 Å². The summed E-state index contributed by atoms with van der Waals surface area (Å²) in [5.41, 5.74) is 1.96. The SMILES string of the molecule is CCn1cc(C(=O)N[C@H]2CCN(c3ccc4nncn4n3)C2)c(=O)c2ccc(C)nc21. The number of fused-ring (bicyclic) bond motifs is 2. The highest BCUT2D eigenvalue weighted by Gasteiger charge is 2.27. The zero-order valence-corrected chi connectivity index (χ0v) is 17.3. The number of nitrogens with zero attached hydrogens (tertiary/aromatic N) is 7. The van der Waals surface area contributed by atoms with Crippen LogP contribution in [-0.2, 0) is 6.54 Å². The van der Waals surface area contributed by atoms with E-state index >= 15 is 0 Å². The average molecular weight is 418 g/mol. The molecule has 0 radical (unpaired) electrons. The third-order valence-corrected chi connectivity index (χ3v) is 5.64. The molecule has 1 saturated heterocycles. The lowest BCUT2D eigenvalue weighted by molar-refractivity contribution is 0.0938. The van der Waals surface area contributed by atoms with Gasteiger partial charge in [0.05, 0.1) is 5.39 Å². The lowest BCUT2D eigenvalue weighted by Gasteiger charge is -2.18. The van der Waals surface area contributed by atoms with Crippen molar-refractivity contribution < 1.29 is 4.79 Å². The van der Waals surface area contributed by atoms with Crippen molar-refractivity contribution in [3.8, 4) is 0 Å². The molecule has 0 saturated carbocycles. The Kier molecular flexibility index (Phi) is 4.61. The monoisotopic (exact) mass is 418 g/mol. The Hall–Kier alpha value is -3.82. The molecule has 31 heavy (non-hydrogen) atoms. The van der Waals surface area contributed by atoms with Crippen LogP contribution < -0.4 is 15.6 Å². The van der Waals surface area contributed by atoms with Crippen molar-refractivity contribution in [1.29, 1.82) is 0 Å². The van der Waals surface area contributed by atoms with Crippen LogP contribution in [-0.4, -0.2) is 54.4 Å². The number of rotatable bonds is 4. The summed E-state index contributed by atoms with van der Waals surface area (Å²) in [6.45, 7) is 5.83. The predicted molar refractivity (Wildman–Crippen MR) is 115 cm³/mol. The molecule has 4 aromatic heterocycles. The highest BCUT2D eigenvalue weighted by Crippen LogP contribution is 2.19. The molecule has 1 atom stereocenters. The molecule has 10 heteroatoms. The number of carbonyl (C=O) groups is 1. The maximum absolute atomic E-state index is 13.0. The second-order valence-electron chi connectivity index (χ2n) is 7.71. The minimum atomic E-state index is -0.358. The van der Waals surface area contributed by atoms with Crippen LogP contribution in [0.2, 0.25) is 0 Å².